The van der Waals surface area contributed by atoms with Crippen molar-refractivity contribution in [2.24, 2.45) is 0 Å². The van der Waals surface area contributed by atoms with Crippen LogP contribution >= 0.6 is 34.5 Å². The number of thiazole rings is 1. The number of carbonyl (C=O) groups excluding carboxylic acids is 1. The highest BCUT2D eigenvalue weighted by atomic mass is 35.5. The number of rotatable bonds is 4. The topological polar surface area (TPSA) is 54.0 Å². The quantitative estimate of drug-likeness (QED) is 0.649. The summed E-state index contributed by atoms with van der Waals surface area (Å²) in [6.07, 6.45) is 0. The highest BCUT2D eigenvalue weighted by molar-refractivity contribution is 7.12. The maximum Gasteiger partial charge on any atom is 0.298 e. The molecule has 0 aliphatic rings. The molecule has 2 N–H and O–H groups in total. The van der Waals surface area contributed by atoms with Crippen molar-refractivity contribution in [3.63, 3.8) is 0 Å². The Bertz CT molecular complexity index is 816. The Balaban J connectivity index is 1.66. The number of nitrogens with one attached hydrogen (secondary N) is 2. The van der Waals surface area contributed by atoms with Gasteiger partial charge in [-0.3, -0.25) is 15.6 Å². The van der Waals surface area contributed by atoms with Crippen LogP contribution in [-0.4, -0.2) is 10.9 Å². The molecule has 7 heteroatoms. The second-order valence-corrected chi connectivity index (χ2v) is 6.36. The first-order chi connectivity index (χ1) is 11.1. The Morgan fingerprint density at radius 2 is 1.57 bits per heavy atom. The zero-order valence-corrected chi connectivity index (χ0v) is 14.0. The van der Waals surface area contributed by atoms with Crippen LogP contribution in [0.4, 0.5) is 5.69 Å². The van der Waals surface area contributed by atoms with Crippen LogP contribution in [0.5, 0.6) is 0 Å². The predicted molar refractivity (Wildman–Crippen MR) is 95.1 cm³/mol. The van der Waals surface area contributed by atoms with Crippen LogP contribution in [-0.2, 0) is 0 Å². The zero-order chi connectivity index (χ0) is 16.2. The van der Waals surface area contributed by atoms with E-state index in [0.29, 0.717) is 15.1 Å². The first-order valence-electron chi connectivity index (χ1n) is 6.65. The lowest BCUT2D eigenvalue weighted by Crippen LogP contribution is -2.29. The molecule has 3 aromatic rings. The maximum atomic E-state index is 12.1. The number of halogens is 2. The van der Waals surface area contributed by atoms with Gasteiger partial charge in [-0.05, 0) is 36.4 Å². The van der Waals surface area contributed by atoms with Crippen LogP contribution in [0.15, 0.2) is 53.9 Å². The molecule has 23 heavy (non-hydrogen) atoms. The molecule has 3 rings (SSSR count). The van der Waals surface area contributed by atoms with Crippen LogP contribution in [0.3, 0.4) is 0 Å². The molecule has 0 aliphatic heterocycles. The molecule has 116 valence electrons. The molecule has 0 bridgehead atoms. The van der Waals surface area contributed by atoms with Crippen LogP contribution in [0.1, 0.15) is 9.80 Å². The van der Waals surface area contributed by atoms with Crippen LogP contribution in [0.2, 0.25) is 10.0 Å². The van der Waals surface area contributed by atoms with Gasteiger partial charge in [0, 0.05) is 21.0 Å². The van der Waals surface area contributed by atoms with Gasteiger partial charge in [-0.15, -0.1) is 11.3 Å². The molecule has 1 heterocycles. The second kappa shape index (κ2) is 7.00. The van der Waals surface area contributed by atoms with E-state index in [1.165, 1.54) is 11.3 Å². The van der Waals surface area contributed by atoms with Gasteiger partial charge in [0.2, 0.25) is 0 Å². The number of hydrogen-bond acceptors (Lipinski definition) is 4. The van der Waals surface area contributed by atoms with E-state index in [4.69, 9.17) is 23.2 Å². The average Bonchev–Trinajstić information content (AvgIpc) is 3.05. The fourth-order valence-corrected chi connectivity index (χ4v) is 2.82. The number of benzene rings is 2. The highest BCUT2D eigenvalue weighted by Crippen LogP contribution is 2.23. The molecule has 4 nitrogen and oxygen atoms in total. The van der Waals surface area contributed by atoms with E-state index in [0.717, 1.165) is 16.9 Å². The molecular formula is C16H11Cl2N3OS. The average molecular weight is 364 g/mol. The number of hydrogen-bond donors (Lipinski definition) is 2. The Labute approximate surface area is 147 Å². The molecule has 0 fully saturated rings. The molecule has 1 aromatic heterocycles. The van der Waals surface area contributed by atoms with Crippen LogP contribution < -0.4 is 10.9 Å². The smallest absolute Gasteiger partial charge is 0.298 e. The lowest BCUT2D eigenvalue weighted by atomic mass is 10.2. The Morgan fingerprint density at radius 3 is 2.22 bits per heavy atom. The molecule has 0 saturated carbocycles. The van der Waals surface area contributed by atoms with Gasteiger partial charge in [0.25, 0.3) is 5.91 Å². The molecule has 0 unspecified atom stereocenters. The summed E-state index contributed by atoms with van der Waals surface area (Å²) in [5.41, 5.74) is 7.81. The molecule has 0 spiro atoms. The van der Waals surface area contributed by atoms with E-state index in [1.54, 1.807) is 36.4 Å². The van der Waals surface area contributed by atoms with Gasteiger partial charge in [-0.25, -0.2) is 4.98 Å². The predicted octanol–water partition coefficient (Wildman–Crippen LogP) is 4.87. The van der Waals surface area contributed by atoms with E-state index in [1.807, 2.05) is 17.5 Å². The summed E-state index contributed by atoms with van der Waals surface area (Å²) in [5, 5.41) is 3.50. The summed E-state index contributed by atoms with van der Waals surface area (Å²) in [6.45, 7) is 0. The Hall–Kier alpha value is -2.08. The first kappa shape index (κ1) is 15.8. The van der Waals surface area contributed by atoms with Crippen molar-refractivity contribution in [2.75, 3.05) is 5.43 Å². The molecule has 1 amide bonds. The summed E-state index contributed by atoms with van der Waals surface area (Å²) in [4.78, 5) is 16.4. The summed E-state index contributed by atoms with van der Waals surface area (Å²) in [5.74, 6) is -0.301. The molecule has 0 saturated heterocycles. The lowest BCUT2D eigenvalue weighted by molar-refractivity contribution is 0.0962. The van der Waals surface area contributed by atoms with E-state index in [2.05, 4.69) is 15.8 Å². The Morgan fingerprint density at radius 1 is 0.957 bits per heavy atom. The summed E-state index contributed by atoms with van der Waals surface area (Å²) in [7, 11) is 0. The van der Waals surface area contributed by atoms with Gasteiger partial charge >= 0.3 is 0 Å². The summed E-state index contributed by atoms with van der Waals surface area (Å²) < 4.78 is 0. The van der Waals surface area contributed by atoms with E-state index in [-0.39, 0.29) is 5.91 Å². The molecule has 2 aromatic carbocycles. The third-order valence-electron chi connectivity index (χ3n) is 3.00. The minimum atomic E-state index is -0.301. The monoisotopic (exact) mass is 363 g/mol. The Kier molecular flexibility index (Phi) is 4.81. The van der Waals surface area contributed by atoms with Gasteiger partial charge in [0.1, 0.15) is 0 Å². The van der Waals surface area contributed by atoms with Crippen molar-refractivity contribution in [1.82, 2.24) is 10.4 Å². The normalized spacial score (nSPS) is 10.3. The minimum absolute atomic E-state index is 0.301. The van der Waals surface area contributed by atoms with Gasteiger partial charge < -0.3 is 0 Å². The van der Waals surface area contributed by atoms with Crippen molar-refractivity contribution in [1.29, 1.82) is 0 Å². The third-order valence-corrected chi connectivity index (χ3v) is 4.35. The SMILES string of the molecule is O=C(NNc1ccc(Cl)cc1)c1nc(-c2ccc(Cl)cc2)cs1. The van der Waals surface area contributed by atoms with Crippen molar-refractivity contribution >= 4 is 46.1 Å². The van der Waals surface area contributed by atoms with Gasteiger partial charge in [-0.2, -0.15) is 0 Å². The lowest BCUT2D eigenvalue weighted by Gasteiger charge is -2.06. The largest absolute Gasteiger partial charge is 0.298 e. The number of aromatic nitrogens is 1. The molecule has 0 atom stereocenters. The van der Waals surface area contributed by atoms with Crippen molar-refractivity contribution < 1.29 is 4.79 Å². The molecule has 0 aliphatic carbocycles. The van der Waals surface area contributed by atoms with Crippen molar-refractivity contribution in [2.45, 2.75) is 0 Å². The summed E-state index contributed by atoms with van der Waals surface area (Å²) in [6, 6.07) is 14.3. The standard InChI is InChI=1S/C16H11Cl2N3OS/c17-11-3-1-10(2-4-11)14-9-23-16(19-14)15(22)21-20-13-7-5-12(18)6-8-13/h1-9,20H,(H,21,22). The van der Waals surface area contributed by atoms with Crippen LogP contribution in [0.25, 0.3) is 11.3 Å². The van der Waals surface area contributed by atoms with E-state index >= 15 is 0 Å². The highest BCUT2D eigenvalue weighted by Gasteiger charge is 2.12. The zero-order valence-electron chi connectivity index (χ0n) is 11.7. The number of nitrogens with zero attached hydrogens (tertiary/aromatic N) is 1. The van der Waals surface area contributed by atoms with Crippen molar-refractivity contribution in [3.05, 3.63) is 69.0 Å². The van der Waals surface area contributed by atoms with Gasteiger partial charge in [0.15, 0.2) is 5.01 Å². The molecular weight excluding hydrogens is 353 g/mol. The van der Waals surface area contributed by atoms with E-state index < -0.39 is 0 Å². The number of amides is 1. The third kappa shape index (κ3) is 4.01. The van der Waals surface area contributed by atoms with Crippen LogP contribution in [0, 0.1) is 0 Å². The van der Waals surface area contributed by atoms with Gasteiger partial charge in [0.05, 0.1) is 11.4 Å². The fraction of sp³-hybridized carbons (Fsp3) is 0. The number of hydrazine groups is 1. The number of carbonyl (C=O) groups is 1. The fourth-order valence-electron chi connectivity index (χ4n) is 1.85. The first-order valence-corrected chi connectivity index (χ1v) is 8.29. The van der Waals surface area contributed by atoms with Crippen molar-refractivity contribution in [3.8, 4) is 11.3 Å². The summed E-state index contributed by atoms with van der Waals surface area (Å²) >= 11 is 13.0. The molecule has 0 radical (unpaired) electrons. The number of anilines is 1. The van der Waals surface area contributed by atoms with Gasteiger partial charge in [-0.1, -0.05) is 35.3 Å². The maximum absolute atomic E-state index is 12.1. The van der Waals surface area contributed by atoms with E-state index in [9.17, 15) is 4.79 Å². The minimum Gasteiger partial charge on any atom is -0.298 e. The second-order valence-electron chi connectivity index (χ2n) is 4.63.